The van der Waals surface area contributed by atoms with Gasteiger partial charge in [-0.3, -0.25) is 5.41 Å². The van der Waals surface area contributed by atoms with Crippen LogP contribution in [0.1, 0.15) is 28.7 Å². The molecule has 172 valence electrons. The Morgan fingerprint density at radius 3 is 1.79 bits per heavy atom. The highest BCUT2D eigenvalue weighted by Gasteiger charge is 2.35. The van der Waals surface area contributed by atoms with Crippen LogP contribution in [-0.2, 0) is 25.2 Å². The number of fused-ring (bicyclic) bond motifs is 1. The first-order chi connectivity index (χ1) is 16.0. The van der Waals surface area contributed by atoms with E-state index in [2.05, 4.69) is 5.10 Å². The first-order valence-corrected chi connectivity index (χ1v) is 10.1. The van der Waals surface area contributed by atoms with Crippen molar-refractivity contribution in [1.82, 2.24) is 5.10 Å². The lowest BCUT2D eigenvalue weighted by Gasteiger charge is -2.12. The predicted octanol–water partition coefficient (Wildman–Crippen LogP) is 5.84. The van der Waals surface area contributed by atoms with Gasteiger partial charge in [0.25, 0.3) is 5.69 Å². The maximum absolute atomic E-state index is 13.0. The fraction of sp³-hybridized carbons (Fsp3) is 0.208. The molecule has 0 atom stereocenters. The summed E-state index contributed by atoms with van der Waals surface area (Å²) in [5.74, 6) is 1.99. The average Bonchev–Trinajstić information content (AvgIpc) is 3.28. The molecule has 4 nitrogen and oxygen atoms in total. The molecule has 2 aromatic carbocycles. The van der Waals surface area contributed by atoms with Crippen LogP contribution < -0.4 is 4.68 Å². The summed E-state index contributed by atoms with van der Waals surface area (Å²) in [6, 6.07) is 10.6. The van der Waals surface area contributed by atoms with E-state index in [-0.39, 0.29) is 5.70 Å². The molecule has 1 aromatic heterocycles. The van der Waals surface area contributed by atoms with Crippen molar-refractivity contribution >= 4 is 11.6 Å². The quantitative estimate of drug-likeness (QED) is 0.225. The van der Waals surface area contributed by atoms with Gasteiger partial charge in [0.1, 0.15) is 5.69 Å². The zero-order valence-corrected chi connectivity index (χ0v) is 17.3. The van der Waals surface area contributed by atoms with Crippen molar-refractivity contribution in [2.24, 2.45) is 0 Å². The molecule has 0 bridgehead atoms. The molecule has 0 fully saturated rings. The third-order valence-electron chi connectivity index (χ3n) is 5.61. The topological polar surface area (TPSA) is 64.4 Å². The lowest BCUT2D eigenvalue weighted by atomic mass is 9.97. The zero-order valence-electron chi connectivity index (χ0n) is 17.3. The second-order valence-electron chi connectivity index (χ2n) is 7.66. The number of aromatic nitrogens is 2. The van der Waals surface area contributed by atoms with Crippen LogP contribution in [0.5, 0.6) is 0 Å². The number of nitrogens with one attached hydrogen (secondary N) is 1. The second-order valence-corrected chi connectivity index (χ2v) is 7.66. The molecule has 1 aliphatic carbocycles. The smallest absolute Gasteiger partial charge is 0.252 e. The number of hydrogen-bond acceptors (Lipinski definition) is 3. The molecule has 0 radical (unpaired) electrons. The van der Waals surface area contributed by atoms with Crippen LogP contribution in [0, 0.1) is 16.7 Å². The zero-order chi connectivity index (χ0) is 24.7. The predicted molar refractivity (Wildman–Crippen MR) is 110 cm³/mol. The van der Waals surface area contributed by atoms with Crippen LogP contribution in [0.2, 0.25) is 0 Å². The normalized spacial score (nSPS) is 13.2. The Kier molecular flexibility index (Phi) is 5.75. The summed E-state index contributed by atoms with van der Waals surface area (Å²) in [6.07, 6.45) is -7.24. The van der Waals surface area contributed by atoms with E-state index in [0.29, 0.717) is 47.3 Å². The molecule has 4 rings (SSSR count). The molecule has 3 aromatic rings. The highest BCUT2D eigenvalue weighted by atomic mass is 19.4. The standard InChI is InChI=1S/C24H15F6N4/c25-23(26,27)16-8-4-14(5-9-16)21-19-2-1-3-20(19)22(34(33-21)18(12-31)13-32)15-6-10-17(11-7-15)24(28,29)30/h4-11,31H,1-3H2/q+1. The van der Waals surface area contributed by atoms with Crippen LogP contribution in [0.25, 0.3) is 28.2 Å². The van der Waals surface area contributed by atoms with Gasteiger partial charge in [0.15, 0.2) is 6.07 Å². The summed E-state index contributed by atoms with van der Waals surface area (Å²) < 4.78 is 79.2. The van der Waals surface area contributed by atoms with Crippen molar-refractivity contribution in [2.75, 3.05) is 0 Å². The maximum Gasteiger partial charge on any atom is 0.416 e. The van der Waals surface area contributed by atoms with Gasteiger partial charge in [-0.15, -0.1) is 0 Å². The minimum atomic E-state index is -4.52. The molecule has 0 amide bonds. The molecule has 1 N–H and O–H groups in total. The third-order valence-corrected chi connectivity index (χ3v) is 5.61. The molecule has 1 aliphatic rings. The molecular formula is C24H15F6N4+. The largest absolute Gasteiger partial charge is 0.416 e. The van der Waals surface area contributed by atoms with Crippen LogP contribution in [-0.4, -0.2) is 11.0 Å². The van der Waals surface area contributed by atoms with Crippen molar-refractivity contribution < 1.29 is 31.0 Å². The number of hydrogen-bond donors (Lipinski definition) is 1. The van der Waals surface area contributed by atoms with Gasteiger partial charge in [-0.2, -0.15) is 31.6 Å². The Morgan fingerprint density at radius 2 is 1.32 bits per heavy atom. The first-order valence-electron chi connectivity index (χ1n) is 10.1. The van der Waals surface area contributed by atoms with E-state index in [4.69, 9.17) is 5.41 Å². The SMILES string of the molecule is N#CC(=C=N)[n+]1nc(-c2ccc(C(F)(F)F)cc2)c2c(c1-c1ccc(C(F)(F)F)cc1)CCC2. The molecule has 0 aliphatic heterocycles. The Hall–Kier alpha value is -3.96. The monoisotopic (exact) mass is 473 g/mol. The number of rotatable bonds is 3. The number of allylic oxidation sites excluding steroid dienone is 1. The van der Waals surface area contributed by atoms with Gasteiger partial charge in [-0.25, -0.2) is 0 Å². The number of alkyl halides is 6. The fourth-order valence-electron chi connectivity index (χ4n) is 4.06. The number of nitrogens with zero attached hydrogens (tertiary/aromatic N) is 3. The molecule has 0 saturated carbocycles. The molecule has 34 heavy (non-hydrogen) atoms. The highest BCUT2D eigenvalue weighted by molar-refractivity contribution is 5.82. The summed E-state index contributed by atoms with van der Waals surface area (Å²) in [6.45, 7) is 0. The Balaban J connectivity index is 1.95. The lowest BCUT2D eigenvalue weighted by molar-refractivity contribution is -0.629. The fourth-order valence-corrected chi connectivity index (χ4v) is 4.06. The molecule has 1 heterocycles. The van der Waals surface area contributed by atoms with Gasteiger partial charge >= 0.3 is 18.0 Å². The molecule has 0 unspecified atom stereocenters. The summed E-state index contributed by atoms with van der Waals surface area (Å²) in [5.41, 5.74) is 0.949. The van der Waals surface area contributed by atoms with Gasteiger partial charge in [-0.1, -0.05) is 12.1 Å². The number of benzene rings is 2. The van der Waals surface area contributed by atoms with Crippen molar-refractivity contribution in [3.05, 3.63) is 70.8 Å². The van der Waals surface area contributed by atoms with Crippen LogP contribution in [0.15, 0.2) is 48.5 Å². The van der Waals surface area contributed by atoms with E-state index in [9.17, 15) is 31.6 Å². The molecular weight excluding hydrogens is 458 g/mol. The third kappa shape index (κ3) is 4.18. The van der Waals surface area contributed by atoms with Crippen molar-refractivity contribution in [1.29, 1.82) is 10.7 Å². The average molecular weight is 473 g/mol. The van der Waals surface area contributed by atoms with Crippen molar-refractivity contribution in [2.45, 2.75) is 31.6 Å². The summed E-state index contributed by atoms with van der Waals surface area (Å²) in [4.78, 5) is 0. The second kappa shape index (κ2) is 8.43. The van der Waals surface area contributed by atoms with E-state index < -0.39 is 23.5 Å². The Morgan fingerprint density at radius 1 is 0.824 bits per heavy atom. The van der Waals surface area contributed by atoms with E-state index in [1.54, 1.807) is 6.07 Å². The molecule has 0 saturated heterocycles. The number of nitriles is 1. The minimum Gasteiger partial charge on any atom is -0.252 e. The Labute approximate surface area is 189 Å². The van der Waals surface area contributed by atoms with E-state index >= 15 is 0 Å². The van der Waals surface area contributed by atoms with Gasteiger partial charge in [0.2, 0.25) is 0 Å². The van der Waals surface area contributed by atoms with Crippen molar-refractivity contribution in [3.8, 4) is 28.6 Å². The molecule has 0 spiro atoms. The summed E-state index contributed by atoms with van der Waals surface area (Å²) >= 11 is 0. The van der Waals surface area contributed by atoms with Gasteiger partial charge in [-0.05, 0) is 65.9 Å². The Bertz CT molecular complexity index is 1340. The van der Waals surface area contributed by atoms with Crippen LogP contribution >= 0.6 is 0 Å². The number of halogens is 6. The van der Waals surface area contributed by atoms with Crippen LogP contribution in [0.4, 0.5) is 26.3 Å². The van der Waals surface area contributed by atoms with Gasteiger partial charge in [0.05, 0.1) is 17.0 Å². The van der Waals surface area contributed by atoms with Crippen molar-refractivity contribution in [3.63, 3.8) is 0 Å². The maximum atomic E-state index is 13.0. The highest BCUT2D eigenvalue weighted by Crippen LogP contribution is 2.38. The molecule has 10 heteroatoms. The first kappa shape index (κ1) is 23.2. The summed E-state index contributed by atoms with van der Waals surface area (Å²) in [5, 5.41) is 21.5. The van der Waals surface area contributed by atoms with E-state index in [1.165, 1.54) is 24.3 Å². The van der Waals surface area contributed by atoms with Crippen LogP contribution in [0.3, 0.4) is 0 Å². The van der Waals surface area contributed by atoms with Gasteiger partial charge in [0, 0.05) is 21.8 Å². The minimum absolute atomic E-state index is 0.308. The van der Waals surface area contributed by atoms with E-state index in [0.717, 1.165) is 34.5 Å². The van der Waals surface area contributed by atoms with Gasteiger partial charge < -0.3 is 0 Å². The summed E-state index contributed by atoms with van der Waals surface area (Å²) in [7, 11) is 0. The lowest BCUT2D eigenvalue weighted by Crippen LogP contribution is -2.41. The van der Waals surface area contributed by atoms with E-state index in [1.807, 2.05) is 5.87 Å².